The van der Waals surface area contributed by atoms with Crippen molar-refractivity contribution in [1.29, 1.82) is 0 Å². The average Bonchev–Trinajstić information content (AvgIpc) is 1.82. The van der Waals surface area contributed by atoms with Crippen LogP contribution < -0.4 is 0 Å². The monoisotopic (exact) mass is 172 g/mol. The number of Topliss-reactive ketones (excluding diaryl/α,β-unsaturated/α-hetero) is 1. The molecule has 12 heavy (non-hydrogen) atoms. The number of rotatable bonds is 3. The molecule has 0 amide bonds. The van der Waals surface area contributed by atoms with Crippen LogP contribution in [0.2, 0.25) is 0 Å². The van der Waals surface area contributed by atoms with E-state index in [-0.39, 0.29) is 11.2 Å². The molecule has 0 fully saturated rings. The number of aliphatic hydroxyl groups is 1. The van der Waals surface area contributed by atoms with Gasteiger partial charge in [0, 0.05) is 6.42 Å². The minimum atomic E-state index is -0.820. The van der Waals surface area contributed by atoms with Crippen LogP contribution in [-0.2, 0) is 4.79 Å². The molecule has 2 nitrogen and oxygen atoms in total. The zero-order chi connectivity index (χ0) is 9.94. The summed E-state index contributed by atoms with van der Waals surface area (Å²) in [6.45, 7) is 9.57. The van der Waals surface area contributed by atoms with Gasteiger partial charge in [-0.05, 0) is 11.3 Å². The lowest BCUT2D eigenvalue weighted by molar-refractivity contribution is -0.133. The Bertz CT molecular complexity index is 154. The van der Waals surface area contributed by atoms with E-state index in [1.165, 1.54) is 0 Å². The fraction of sp³-hybridized carbons (Fsp3) is 0.900. The van der Waals surface area contributed by atoms with Crippen LogP contribution >= 0.6 is 0 Å². The lowest BCUT2D eigenvalue weighted by atomic mass is 9.84. The largest absolute Gasteiger partial charge is 0.385 e. The van der Waals surface area contributed by atoms with Gasteiger partial charge in [-0.15, -0.1) is 0 Å². The molecular formula is C10H20O2. The molecule has 0 aromatic rings. The van der Waals surface area contributed by atoms with Crippen molar-refractivity contribution in [1.82, 2.24) is 0 Å². The van der Waals surface area contributed by atoms with Crippen LogP contribution in [0.25, 0.3) is 0 Å². The molecule has 0 aliphatic heterocycles. The van der Waals surface area contributed by atoms with Gasteiger partial charge in [-0.2, -0.15) is 0 Å². The van der Waals surface area contributed by atoms with Crippen LogP contribution in [0.15, 0.2) is 0 Å². The molecule has 0 aliphatic rings. The van der Waals surface area contributed by atoms with E-state index in [0.717, 1.165) is 0 Å². The maximum Gasteiger partial charge on any atom is 0.162 e. The summed E-state index contributed by atoms with van der Waals surface area (Å²) in [6, 6.07) is 0. The van der Waals surface area contributed by atoms with E-state index < -0.39 is 6.10 Å². The van der Waals surface area contributed by atoms with E-state index in [1.807, 2.05) is 34.6 Å². The second kappa shape index (κ2) is 4.04. The van der Waals surface area contributed by atoms with Gasteiger partial charge in [0.15, 0.2) is 5.78 Å². The highest BCUT2D eigenvalue weighted by molar-refractivity contribution is 5.83. The SMILES string of the molecule is CC(C)CC(=O)[C@H](O)C(C)(C)C. The number of carbonyl (C=O) groups is 1. The third-order valence-electron chi connectivity index (χ3n) is 1.73. The predicted molar refractivity (Wildman–Crippen MR) is 49.9 cm³/mol. The minimum Gasteiger partial charge on any atom is -0.385 e. The molecule has 0 spiro atoms. The first-order chi connectivity index (χ1) is 5.25. The molecule has 0 rings (SSSR count). The van der Waals surface area contributed by atoms with E-state index >= 15 is 0 Å². The van der Waals surface area contributed by atoms with Crippen LogP contribution in [0.4, 0.5) is 0 Å². The van der Waals surface area contributed by atoms with Crippen molar-refractivity contribution in [3.63, 3.8) is 0 Å². The van der Waals surface area contributed by atoms with Gasteiger partial charge in [0.1, 0.15) is 6.10 Å². The Morgan fingerprint density at radius 2 is 1.75 bits per heavy atom. The Morgan fingerprint density at radius 3 is 2.00 bits per heavy atom. The summed E-state index contributed by atoms with van der Waals surface area (Å²) in [4.78, 5) is 11.4. The van der Waals surface area contributed by atoms with Crippen LogP contribution in [0.5, 0.6) is 0 Å². The minimum absolute atomic E-state index is 0.0440. The van der Waals surface area contributed by atoms with Crippen molar-refractivity contribution >= 4 is 5.78 Å². The molecule has 72 valence electrons. The zero-order valence-electron chi connectivity index (χ0n) is 8.72. The highest BCUT2D eigenvalue weighted by Crippen LogP contribution is 2.21. The third-order valence-corrected chi connectivity index (χ3v) is 1.73. The number of ketones is 1. The molecule has 0 aliphatic carbocycles. The summed E-state index contributed by atoms with van der Waals surface area (Å²) in [7, 11) is 0. The van der Waals surface area contributed by atoms with Gasteiger partial charge >= 0.3 is 0 Å². The highest BCUT2D eigenvalue weighted by Gasteiger charge is 2.28. The van der Waals surface area contributed by atoms with Gasteiger partial charge in [-0.25, -0.2) is 0 Å². The molecule has 0 aromatic heterocycles. The Morgan fingerprint density at radius 1 is 1.33 bits per heavy atom. The van der Waals surface area contributed by atoms with Crippen molar-refractivity contribution in [2.45, 2.75) is 47.1 Å². The van der Waals surface area contributed by atoms with Gasteiger partial charge in [-0.3, -0.25) is 4.79 Å². The van der Waals surface area contributed by atoms with E-state index in [0.29, 0.717) is 12.3 Å². The van der Waals surface area contributed by atoms with Crippen LogP contribution in [0.3, 0.4) is 0 Å². The maximum absolute atomic E-state index is 11.4. The van der Waals surface area contributed by atoms with Crippen LogP contribution in [-0.4, -0.2) is 17.0 Å². The van der Waals surface area contributed by atoms with E-state index in [2.05, 4.69) is 0 Å². The normalized spacial score (nSPS) is 14.9. The second-order valence-electron chi connectivity index (χ2n) is 4.83. The van der Waals surface area contributed by atoms with E-state index in [1.54, 1.807) is 0 Å². The second-order valence-corrected chi connectivity index (χ2v) is 4.83. The molecule has 0 aromatic carbocycles. The molecule has 0 saturated heterocycles. The molecule has 0 saturated carbocycles. The van der Waals surface area contributed by atoms with Gasteiger partial charge in [0.2, 0.25) is 0 Å². The summed E-state index contributed by atoms with van der Waals surface area (Å²) in [5, 5.41) is 9.55. The quantitative estimate of drug-likeness (QED) is 0.707. The fourth-order valence-corrected chi connectivity index (χ4v) is 0.997. The standard InChI is InChI=1S/C10H20O2/c1-7(2)6-8(11)9(12)10(3,4)5/h7,9,12H,6H2,1-5H3/t9-/m0/s1. The highest BCUT2D eigenvalue weighted by atomic mass is 16.3. The number of aliphatic hydroxyl groups excluding tert-OH is 1. The summed E-state index contributed by atoms with van der Waals surface area (Å²) < 4.78 is 0. The van der Waals surface area contributed by atoms with E-state index in [9.17, 15) is 9.90 Å². The smallest absolute Gasteiger partial charge is 0.162 e. The molecule has 1 atom stereocenters. The first-order valence-electron chi connectivity index (χ1n) is 4.46. The number of carbonyl (C=O) groups excluding carboxylic acids is 1. The molecule has 0 unspecified atom stereocenters. The van der Waals surface area contributed by atoms with Crippen molar-refractivity contribution in [2.75, 3.05) is 0 Å². The Kier molecular flexibility index (Phi) is 3.91. The summed E-state index contributed by atoms with van der Waals surface area (Å²) in [5.41, 5.74) is -0.327. The molecule has 0 bridgehead atoms. The molecule has 2 heteroatoms. The van der Waals surface area contributed by atoms with Crippen LogP contribution in [0, 0.1) is 11.3 Å². The van der Waals surface area contributed by atoms with Crippen molar-refractivity contribution < 1.29 is 9.90 Å². The Balaban J connectivity index is 4.12. The molecule has 0 radical (unpaired) electrons. The van der Waals surface area contributed by atoms with Crippen molar-refractivity contribution in [3.8, 4) is 0 Å². The number of hydrogen-bond acceptors (Lipinski definition) is 2. The number of hydrogen-bond donors (Lipinski definition) is 1. The Hall–Kier alpha value is -0.370. The summed E-state index contributed by atoms with van der Waals surface area (Å²) in [5.74, 6) is 0.284. The van der Waals surface area contributed by atoms with Gasteiger partial charge in [0.05, 0.1) is 0 Å². The lowest BCUT2D eigenvalue weighted by Gasteiger charge is -2.24. The third kappa shape index (κ3) is 3.86. The van der Waals surface area contributed by atoms with Gasteiger partial charge in [0.25, 0.3) is 0 Å². The zero-order valence-corrected chi connectivity index (χ0v) is 8.72. The average molecular weight is 172 g/mol. The van der Waals surface area contributed by atoms with Crippen molar-refractivity contribution in [3.05, 3.63) is 0 Å². The predicted octanol–water partition coefficient (Wildman–Crippen LogP) is 2.01. The Labute approximate surface area is 75.0 Å². The fourth-order valence-electron chi connectivity index (χ4n) is 0.997. The molecule has 0 heterocycles. The molecule has 1 N–H and O–H groups in total. The van der Waals surface area contributed by atoms with Gasteiger partial charge in [-0.1, -0.05) is 34.6 Å². The maximum atomic E-state index is 11.4. The topological polar surface area (TPSA) is 37.3 Å². The summed E-state index contributed by atoms with van der Waals surface area (Å²) in [6.07, 6.45) is -0.349. The first-order valence-corrected chi connectivity index (χ1v) is 4.46. The molecular weight excluding hydrogens is 152 g/mol. The first kappa shape index (κ1) is 11.6. The lowest BCUT2D eigenvalue weighted by Crippen LogP contribution is -2.34. The van der Waals surface area contributed by atoms with Gasteiger partial charge < -0.3 is 5.11 Å². The van der Waals surface area contributed by atoms with Crippen LogP contribution in [0.1, 0.15) is 41.0 Å². The van der Waals surface area contributed by atoms with E-state index in [4.69, 9.17) is 0 Å². The summed E-state index contributed by atoms with van der Waals surface area (Å²) >= 11 is 0. The van der Waals surface area contributed by atoms with Crippen molar-refractivity contribution in [2.24, 2.45) is 11.3 Å².